The van der Waals surface area contributed by atoms with E-state index in [2.05, 4.69) is 65.5 Å². The smallest absolute Gasteiger partial charge is 0.306 e. The van der Waals surface area contributed by atoms with Gasteiger partial charge in [-0.05, 0) is 127 Å². The van der Waals surface area contributed by atoms with Crippen LogP contribution in [0.25, 0.3) is 0 Å². The number of carbonyl (C=O) groups excluding carboxylic acids is 1. The molecule has 21 heteroatoms. The van der Waals surface area contributed by atoms with E-state index in [1.807, 2.05) is 12.1 Å². The van der Waals surface area contributed by atoms with Gasteiger partial charge in [-0.1, -0.05) is 29.6 Å². The van der Waals surface area contributed by atoms with Gasteiger partial charge >= 0.3 is 5.97 Å². The highest BCUT2D eigenvalue weighted by atomic mass is 127. The molecule has 58 heavy (non-hydrogen) atoms. The van der Waals surface area contributed by atoms with Gasteiger partial charge in [0.1, 0.15) is 30.2 Å². The second kappa shape index (κ2) is 20.2. The van der Waals surface area contributed by atoms with Crippen LogP contribution in [0.3, 0.4) is 0 Å². The molecule has 4 aliphatic carbocycles. The predicted octanol–water partition coefficient (Wildman–Crippen LogP) is 4.40. The number of aliphatic carboxylic acids is 1. The van der Waals surface area contributed by atoms with Crippen LogP contribution < -0.4 is 10.6 Å². The van der Waals surface area contributed by atoms with E-state index in [-0.39, 0.29) is 85.4 Å². The van der Waals surface area contributed by atoms with Crippen molar-refractivity contribution in [3.8, 4) is 5.75 Å². The normalized spacial score (nSPS) is 36.9. The fraction of sp³-hybridized carbons (Fsp3) is 0.730. The number of amides is 1. The first kappa shape index (κ1) is 46.1. The van der Waals surface area contributed by atoms with Crippen molar-refractivity contribution in [2.75, 3.05) is 19.6 Å². The summed E-state index contributed by atoms with van der Waals surface area (Å²) in [6.07, 6.45) is -2.37. The van der Waals surface area contributed by atoms with E-state index in [9.17, 15) is 30.0 Å². The second-order valence-corrected chi connectivity index (χ2v) is 18.5. The summed E-state index contributed by atoms with van der Waals surface area (Å²) in [6, 6.07) is 3.69. The highest BCUT2D eigenvalue weighted by Crippen LogP contribution is 2.70. The van der Waals surface area contributed by atoms with Gasteiger partial charge in [-0.15, -0.1) is 8.67 Å². The van der Waals surface area contributed by atoms with Gasteiger partial charge in [-0.25, -0.2) is 10.5 Å². The minimum absolute atomic E-state index is 0.0414. The van der Waals surface area contributed by atoms with Crippen LogP contribution in [-0.2, 0) is 52.6 Å². The van der Waals surface area contributed by atoms with E-state index in [4.69, 9.17) is 28.4 Å². The van der Waals surface area contributed by atoms with Crippen molar-refractivity contribution in [2.24, 2.45) is 34.5 Å². The van der Waals surface area contributed by atoms with Crippen molar-refractivity contribution in [3.63, 3.8) is 0 Å². The number of carboxylic acid groups (broad SMARTS) is 1. The average molecular weight is 973 g/mol. The molecule has 1 heterocycles. The van der Waals surface area contributed by atoms with Gasteiger partial charge in [0, 0.05) is 31.5 Å². The molecule has 5 fully saturated rings. The van der Waals surface area contributed by atoms with Gasteiger partial charge in [0.15, 0.2) is 30.9 Å². The van der Waals surface area contributed by atoms with Crippen molar-refractivity contribution in [1.29, 1.82) is 0 Å². The Bertz CT molecular complexity index is 1590. The molecule has 1 aromatic carbocycles. The summed E-state index contributed by atoms with van der Waals surface area (Å²) in [4.78, 5) is 25.5. The third-order valence-electron chi connectivity index (χ3n) is 13.4. The Hall–Kier alpha value is -1.39. The molecule has 1 saturated heterocycles. The molecule has 13 atom stereocenters. The Kier molecular flexibility index (Phi) is 16.1. The number of aliphatic hydroxyl groups is 2. The van der Waals surface area contributed by atoms with Crippen molar-refractivity contribution < 1.29 is 77.1 Å². The average Bonchev–Trinajstić information content (AvgIpc) is 3.36. The molecular formula is C37H53IN2O16S2. The van der Waals surface area contributed by atoms with Crippen LogP contribution in [0.2, 0.25) is 0 Å². The number of rotatable bonds is 19. The molecule has 0 aromatic heterocycles. The van der Waals surface area contributed by atoms with Crippen LogP contribution >= 0.6 is 47.2 Å². The zero-order chi connectivity index (χ0) is 41.8. The lowest BCUT2D eigenvalue weighted by atomic mass is 9.43. The van der Waals surface area contributed by atoms with Crippen LogP contribution in [0.1, 0.15) is 69.4 Å². The molecule has 5 aliphatic rings. The number of phenolic OH excluding ortho intramolecular Hbond substituents is 1. The Morgan fingerprint density at radius 1 is 1.05 bits per heavy atom. The topological polar surface area (TPSA) is 253 Å². The third kappa shape index (κ3) is 9.79. The van der Waals surface area contributed by atoms with Gasteiger partial charge in [0.2, 0.25) is 5.91 Å². The van der Waals surface area contributed by atoms with Crippen LogP contribution in [-0.4, -0.2) is 105 Å². The minimum atomic E-state index is -1.58. The largest absolute Gasteiger partial charge is 0.507 e. The van der Waals surface area contributed by atoms with Gasteiger partial charge in [-0.3, -0.25) is 18.0 Å². The summed E-state index contributed by atoms with van der Waals surface area (Å²) in [5.74, 6) is -1.44. The van der Waals surface area contributed by atoms with Gasteiger partial charge in [-0.2, -0.15) is 0 Å². The fourth-order valence-corrected chi connectivity index (χ4v) is 12.5. The highest BCUT2D eigenvalue weighted by Gasteiger charge is 2.67. The number of hydrogen-bond donors (Lipinski definition) is 8. The first-order valence-corrected chi connectivity index (χ1v) is 21.8. The maximum absolute atomic E-state index is 12.9. The summed E-state index contributed by atoms with van der Waals surface area (Å²) in [7, 11) is 0. The minimum Gasteiger partial charge on any atom is -0.507 e. The van der Waals surface area contributed by atoms with E-state index < -0.39 is 60.2 Å². The molecule has 1 amide bonds. The molecule has 1 spiro atoms. The monoisotopic (exact) mass is 972 g/mol. The molecule has 326 valence electrons. The number of hydrogen-bond acceptors (Lipinski definition) is 18. The summed E-state index contributed by atoms with van der Waals surface area (Å²) in [6.45, 7) is 8.77. The molecule has 8 unspecified atom stereocenters. The number of phenols is 1. The molecule has 8 N–H and O–H groups in total. The Balaban J connectivity index is 1.13. The highest BCUT2D eigenvalue weighted by molar-refractivity contribution is 14.1. The number of aliphatic hydroxyl groups excluding tert-OH is 2. The lowest BCUT2D eigenvalue weighted by molar-refractivity contribution is -0.436. The van der Waals surface area contributed by atoms with Crippen molar-refractivity contribution >= 4 is 59.1 Å². The molecule has 2 bridgehead atoms. The van der Waals surface area contributed by atoms with Crippen LogP contribution in [0.15, 0.2) is 24.3 Å². The fourth-order valence-electron chi connectivity index (χ4n) is 10.9. The zero-order valence-corrected chi connectivity index (χ0v) is 35.9. The summed E-state index contributed by atoms with van der Waals surface area (Å²) < 4.78 is 33.7. The SMILES string of the molecule is C=C1C2CCC3C4(C)CC(O[C@@H]5O[C@@H](CNCCNC(=O)CCc6cc(C)c(O)c(I)c6)[C@@H](OSOOO)[C@@H](OSOOO)C5O)CC(C(=O)O)C4CCC3(C2)[C@H]1O. The number of aromatic hydroxyl groups is 1. The number of fused-ring (bicyclic) bond motifs is 3. The van der Waals surface area contributed by atoms with Crippen molar-refractivity contribution in [2.45, 2.75) is 115 Å². The number of halogens is 1. The molecule has 1 aliphatic heterocycles. The maximum Gasteiger partial charge on any atom is 0.306 e. The number of nitrogens with one attached hydrogen (secondary N) is 2. The lowest BCUT2D eigenvalue weighted by Crippen LogP contribution is -2.63. The molecule has 18 nitrogen and oxygen atoms in total. The zero-order valence-electron chi connectivity index (χ0n) is 32.2. The van der Waals surface area contributed by atoms with Crippen molar-refractivity contribution in [1.82, 2.24) is 10.6 Å². The number of carboxylic acids is 1. The van der Waals surface area contributed by atoms with Crippen molar-refractivity contribution in [3.05, 3.63) is 39.0 Å². The Morgan fingerprint density at radius 2 is 1.78 bits per heavy atom. The Morgan fingerprint density at radius 3 is 2.47 bits per heavy atom. The molecule has 4 saturated carbocycles. The van der Waals surface area contributed by atoms with Crippen LogP contribution in [0, 0.1) is 45.0 Å². The Labute approximate surface area is 358 Å². The first-order chi connectivity index (χ1) is 27.7. The summed E-state index contributed by atoms with van der Waals surface area (Å²) >= 11 is 2.47. The summed E-state index contributed by atoms with van der Waals surface area (Å²) in [5.41, 5.74) is 1.67. The standard InChI is InChI=1S/C37H53IN2O16S2/c1-18-12-20(13-25(38)29(18)42)4-7-28(41)40-11-10-39-17-26-31(51-57-55-53-47)32(52-58-56-54-48)30(43)35(50-26)49-22-14-23(34(45)46)24-8-9-37-15-21(19(2)33(37)44)5-6-27(37)36(24,3)16-22/h12-13,21-24,26-27,30-33,35,39,42-44,47-48H,2,4-11,14-17H2,1,3H3,(H,40,41)(H,45,46)/t21?,22?,23?,24?,26-,27?,30?,31+,32-,33-,35+,36?,37?/m0/s1. The number of aryl methyl sites for hydroxylation is 2. The molecule has 0 radical (unpaired) electrons. The van der Waals surface area contributed by atoms with E-state index in [1.54, 1.807) is 6.92 Å². The van der Waals surface area contributed by atoms with Gasteiger partial charge in [0.25, 0.3) is 0 Å². The van der Waals surface area contributed by atoms with Gasteiger partial charge < -0.3 is 40.5 Å². The van der Waals surface area contributed by atoms with Crippen LogP contribution in [0.4, 0.5) is 0 Å². The number of ether oxygens (including phenoxy) is 2. The predicted molar refractivity (Wildman–Crippen MR) is 213 cm³/mol. The number of benzene rings is 1. The van der Waals surface area contributed by atoms with Gasteiger partial charge in [0.05, 0.1) is 21.7 Å². The molecular weight excluding hydrogens is 919 g/mol. The van der Waals surface area contributed by atoms with Crippen LogP contribution in [0.5, 0.6) is 5.75 Å². The van der Waals surface area contributed by atoms with E-state index in [1.165, 1.54) is 0 Å². The first-order valence-electron chi connectivity index (χ1n) is 19.4. The lowest BCUT2D eigenvalue weighted by Gasteiger charge is -2.62. The third-order valence-corrected chi connectivity index (χ3v) is 15.0. The quantitative estimate of drug-likeness (QED) is 0.0182. The number of carbonyl (C=O) groups is 2. The van der Waals surface area contributed by atoms with E-state index in [0.717, 1.165) is 42.4 Å². The second-order valence-electron chi connectivity index (χ2n) is 16.4. The molecule has 1 aromatic rings. The molecule has 6 rings (SSSR count). The maximum atomic E-state index is 12.9. The van der Waals surface area contributed by atoms with E-state index in [0.29, 0.717) is 29.4 Å². The van der Waals surface area contributed by atoms with E-state index >= 15 is 0 Å². The summed E-state index contributed by atoms with van der Waals surface area (Å²) in [5, 5.41) is 74.6.